The maximum absolute atomic E-state index is 12.8. The van der Waals surface area contributed by atoms with Crippen LogP contribution >= 0.6 is 7.82 Å². The molecule has 0 spiro atoms. The molecule has 0 aliphatic carbocycles. The predicted octanol–water partition coefficient (Wildman–Crippen LogP) is 3.69. The molecular weight excluding hydrogens is 389 g/mol. The van der Waals surface area contributed by atoms with Gasteiger partial charge in [0.1, 0.15) is 11.6 Å². The molecule has 28 heavy (non-hydrogen) atoms. The molecule has 0 aliphatic rings. The van der Waals surface area contributed by atoms with Gasteiger partial charge in [0.25, 0.3) is 0 Å². The van der Waals surface area contributed by atoms with Crippen LogP contribution in [0.5, 0.6) is 0 Å². The molecule has 0 aliphatic heterocycles. The molecule has 0 amide bonds. The van der Waals surface area contributed by atoms with E-state index in [0.29, 0.717) is 0 Å². The molecule has 166 valence electrons. The van der Waals surface area contributed by atoms with Crippen molar-refractivity contribution in [3.8, 4) is 0 Å². The van der Waals surface area contributed by atoms with E-state index < -0.39 is 49.4 Å². The first-order valence-electron chi connectivity index (χ1n) is 9.12. The molecule has 0 saturated heterocycles. The molecule has 0 unspecified atom stereocenters. The molecule has 0 rings (SSSR count). The van der Waals surface area contributed by atoms with Crippen molar-refractivity contribution in [2.45, 2.75) is 98.0 Å². The van der Waals surface area contributed by atoms with Gasteiger partial charge in [0, 0.05) is 6.42 Å². The maximum atomic E-state index is 12.8. The molecule has 2 N–H and O–H groups in total. The minimum absolute atomic E-state index is 0.0346. The third kappa shape index (κ3) is 14.1. The van der Waals surface area contributed by atoms with Gasteiger partial charge in [-0.25, -0.2) is 9.09 Å². The molecule has 0 aromatic rings. The number of phosphoric acid groups is 1. The van der Waals surface area contributed by atoms with Crippen molar-refractivity contribution in [1.29, 1.82) is 0 Å². The summed E-state index contributed by atoms with van der Waals surface area (Å²) in [6, 6.07) is -1.05. The van der Waals surface area contributed by atoms with E-state index in [1.165, 1.54) is 0 Å². The van der Waals surface area contributed by atoms with Crippen LogP contribution in [0.25, 0.3) is 0 Å². The first kappa shape index (κ1) is 27.0. The van der Waals surface area contributed by atoms with Crippen molar-refractivity contribution in [3.63, 3.8) is 0 Å². The van der Waals surface area contributed by atoms with Gasteiger partial charge in [0.2, 0.25) is 6.79 Å². The van der Waals surface area contributed by atoms with Crippen molar-refractivity contribution in [3.05, 3.63) is 0 Å². The first-order valence-corrected chi connectivity index (χ1v) is 10.6. The predicted molar refractivity (Wildman–Crippen MR) is 104 cm³/mol. The third-order valence-electron chi connectivity index (χ3n) is 2.57. The standard InChI is InChI=1S/C18H36NO8P/c1-16(2,3)25-14(20)11-10-13(19)15(21)23-12-24-28(22,26-17(4,5)6)27-18(7,8)9/h13H,10-12,19H2,1-9H3/t13-/m1/s1. The Morgan fingerprint density at radius 2 is 1.36 bits per heavy atom. The molecule has 9 nitrogen and oxygen atoms in total. The Bertz CT molecular complexity index is 552. The topological polar surface area (TPSA) is 123 Å². The summed E-state index contributed by atoms with van der Waals surface area (Å²) in [5.74, 6) is -1.27. The van der Waals surface area contributed by atoms with Crippen molar-refractivity contribution in [1.82, 2.24) is 0 Å². The lowest BCUT2D eigenvalue weighted by molar-refractivity contribution is -0.156. The lowest BCUT2D eigenvalue weighted by atomic mass is 10.1. The molecule has 1 atom stereocenters. The summed E-state index contributed by atoms with van der Waals surface area (Å²) in [7, 11) is -4.00. The van der Waals surface area contributed by atoms with Gasteiger partial charge < -0.3 is 15.2 Å². The van der Waals surface area contributed by atoms with Crippen LogP contribution in [0.2, 0.25) is 0 Å². The van der Waals surface area contributed by atoms with Crippen LogP contribution in [-0.4, -0.2) is 41.6 Å². The van der Waals surface area contributed by atoms with E-state index in [1.807, 2.05) is 0 Å². The SMILES string of the molecule is CC(C)(C)OC(=O)CC[C@@H](N)C(=O)OCOP(=O)(OC(C)(C)C)OC(C)(C)C. The van der Waals surface area contributed by atoms with E-state index in [9.17, 15) is 14.2 Å². The second kappa shape index (κ2) is 10.2. The summed E-state index contributed by atoms with van der Waals surface area (Å²) in [5.41, 5.74) is 3.48. The summed E-state index contributed by atoms with van der Waals surface area (Å²) in [6.45, 7) is 14.7. The molecule has 0 saturated carbocycles. The van der Waals surface area contributed by atoms with Gasteiger partial charge in [-0.05, 0) is 68.7 Å². The van der Waals surface area contributed by atoms with Gasteiger partial charge in [0.05, 0.1) is 11.2 Å². The molecule has 0 aromatic carbocycles. The first-order chi connectivity index (χ1) is 12.3. The van der Waals surface area contributed by atoms with Crippen LogP contribution in [0.4, 0.5) is 0 Å². The molecule has 0 radical (unpaired) electrons. The third-order valence-corrected chi connectivity index (χ3v) is 4.53. The van der Waals surface area contributed by atoms with Gasteiger partial charge in [-0.1, -0.05) is 0 Å². The number of phosphoric ester groups is 1. The number of hydrogen-bond donors (Lipinski definition) is 1. The Hall–Kier alpha value is -0.990. The Balaban J connectivity index is 4.61. The zero-order valence-electron chi connectivity index (χ0n) is 18.5. The smallest absolute Gasteiger partial charge is 0.460 e. The number of carbonyl (C=O) groups excluding carboxylic acids is 2. The van der Waals surface area contributed by atoms with E-state index in [2.05, 4.69) is 0 Å². The monoisotopic (exact) mass is 425 g/mol. The minimum atomic E-state index is -4.00. The highest BCUT2D eigenvalue weighted by Crippen LogP contribution is 2.55. The fourth-order valence-corrected chi connectivity index (χ4v) is 3.45. The van der Waals surface area contributed by atoms with E-state index in [4.69, 9.17) is 28.8 Å². The summed E-state index contributed by atoms with van der Waals surface area (Å²) in [6.07, 6.45) is 0.00947. The van der Waals surface area contributed by atoms with Crippen LogP contribution < -0.4 is 5.73 Å². The molecule has 0 fully saturated rings. The maximum Gasteiger partial charge on any atom is 0.478 e. The Morgan fingerprint density at radius 3 is 1.75 bits per heavy atom. The van der Waals surface area contributed by atoms with Gasteiger partial charge in [-0.2, -0.15) is 0 Å². The summed E-state index contributed by atoms with van der Waals surface area (Å²) < 4.78 is 38.7. The van der Waals surface area contributed by atoms with Crippen molar-refractivity contribution < 1.29 is 37.2 Å². The normalized spacial score (nSPS) is 14.5. The Morgan fingerprint density at radius 1 is 0.893 bits per heavy atom. The zero-order valence-corrected chi connectivity index (χ0v) is 19.4. The van der Waals surface area contributed by atoms with E-state index >= 15 is 0 Å². The molecule has 0 aromatic heterocycles. The van der Waals surface area contributed by atoms with Crippen LogP contribution in [0.3, 0.4) is 0 Å². The molecule has 10 heteroatoms. The molecular formula is C18H36NO8P. The van der Waals surface area contributed by atoms with E-state index in [1.54, 1.807) is 62.3 Å². The van der Waals surface area contributed by atoms with Crippen LogP contribution in [0.15, 0.2) is 0 Å². The number of esters is 2. The highest BCUT2D eigenvalue weighted by Gasteiger charge is 2.37. The number of rotatable bonds is 9. The Kier molecular flexibility index (Phi) is 9.80. The van der Waals surface area contributed by atoms with Gasteiger partial charge in [-0.3, -0.25) is 18.6 Å². The zero-order chi connectivity index (χ0) is 22.4. The number of carbonyl (C=O) groups is 2. The van der Waals surface area contributed by atoms with E-state index in [0.717, 1.165) is 0 Å². The van der Waals surface area contributed by atoms with Gasteiger partial charge >= 0.3 is 19.8 Å². The van der Waals surface area contributed by atoms with E-state index in [-0.39, 0.29) is 12.8 Å². The molecule has 0 heterocycles. The molecule has 0 bridgehead atoms. The second-order valence-electron chi connectivity index (χ2n) is 9.30. The lowest BCUT2D eigenvalue weighted by Gasteiger charge is -2.30. The summed E-state index contributed by atoms with van der Waals surface area (Å²) >= 11 is 0. The van der Waals surface area contributed by atoms with Crippen molar-refractivity contribution in [2.75, 3.05) is 6.79 Å². The fraction of sp³-hybridized carbons (Fsp3) is 0.889. The van der Waals surface area contributed by atoms with Gasteiger partial charge in [-0.15, -0.1) is 0 Å². The number of ether oxygens (including phenoxy) is 2. The fourth-order valence-electron chi connectivity index (χ4n) is 1.78. The highest BCUT2D eigenvalue weighted by molar-refractivity contribution is 7.48. The number of nitrogens with two attached hydrogens (primary N) is 1. The van der Waals surface area contributed by atoms with Gasteiger partial charge in [0.15, 0.2) is 0 Å². The average molecular weight is 425 g/mol. The lowest BCUT2D eigenvalue weighted by Crippen LogP contribution is -2.34. The van der Waals surface area contributed by atoms with Crippen molar-refractivity contribution in [2.24, 2.45) is 5.73 Å². The Labute approximate surface area is 168 Å². The summed E-state index contributed by atoms with van der Waals surface area (Å²) in [5, 5.41) is 0. The largest absolute Gasteiger partial charge is 0.478 e. The number of hydrogen-bond acceptors (Lipinski definition) is 9. The van der Waals surface area contributed by atoms with Crippen LogP contribution in [0, 0.1) is 0 Å². The van der Waals surface area contributed by atoms with Crippen LogP contribution in [0.1, 0.15) is 75.2 Å². The minimum Gasteiger partial charge on any atom is -0.460 e. The average Bonchev–Trinajstić information content (AvgIpc) is 2.38. The quantitative estimate of drug-likeness (QED) is 0.334. The van der Waals surface area contributed by atoms with Crippen molar-refractivity contribution >= 4 is 19.8 Å². The second-order valence-corrected chi connectivity index (χ2v) is 10.8. The highest BCUT2D eigenvalue weighted by atomic mass is 31.2. The summed E-state index contributed by atoms with van der Waals surface area (Å²) in [4.78, 5) is 23.6. The van der Waals surface area contributed by atoms with Crippen LogP contribution in [-0.2, 0) is 37.2 Å².